The Morgan fingerprint density at radius 2 is 2.06 bits per heavy atom. The first-order valence-corrected chi connectivity index (χ1v) is 7.26. The number of hydrogen-bond acceptors (Lipinski definition) is 2. The Hall–Kier alpha value is -1.13. The van der Waals surface area contributed by atoms with E-state index in [1.165, 1.54) is 0 Å². The molecule has 0 aliphatic rings. The van der Waals surface area contributed by atoms with E-state index in [0.29, 0.717) is 6.42 Å². The highest BCUT2D eigenvalue weighted by Crippen LogP contribution is 2.27. The van der Waals surface area contributed by atoms with E-state index in [2.05, 4.69) is 15.9 Å². The molecule has 0 spiro atoms. The third-order valence-electron chi connectivity index (χ3n) is 2.80. The van der Waals surface area contributed by atoms with E-state index >= 15 is 0 Å². The van der Waals surface area contributed by atoms with Gasteiger partial charge in [0.25, 0.3) is 0 Å². The highest BCUT2D eigenvalue weighted by Gasteiger charge is 2.20. The predicted octanol–water partition coefficient (Wildman–Crippen LogP) is 4.23. The highest BCUT2D eigenvalue weighted by molar-refractivity contribution is 9.10. The molecule has 2 nitrogen and oxygen atoms in total. The molecular weight excluding hydrogens is 312 g/mol. The summed E-state index contributed by atoms with van der Waals surface area (Å²) in [5.41, 5.74) is 2.00. The van der Waals surface area contributed by atoms with Crippen LogP contribution in [0, 0.1) is 6.92 Å². The largest absolute Gasteiger partial charge is 0.481 e. The Morgan fingerprint density at radius 1 is 1.39 bits per heavy atom. The summed E-state index contributed by atoms with van der Waals surface area (Å²) in [6.07, 6.45) is 0.536. The van der Waals surface area contributed by atoms with Crippen LogP contribution in [-0.4, -0.2) is 11.1 Å². The lowest BCUT2D eigenvalue weighted by Gasteiger charge is -2.11. The Balaban J connectivity index is 2.23. The van der Waals surface area contributed by atoms with Crippen molar-refractivity contribution in [2.45, 2.75) is 19.3 Å². The quantitative estimate of drug-likeness (QED) is 0.913. The fraction of sp³-hybridized carbons (Fsp3) is 0.214. The predicted molar refractivity (Wildman–Crippen MR) is 77.3 cm³/mol. The van der Waals surface area contributed by atoms with Crippen LogP contribution in [0.2, 0.25) is 0 Å². The Labute approximate surface area is 118 Å². The number of aryl methyl sites for hydroxylation is 1. The van der Waals surface area contributed by atoms with Gasteiger partial charge < -0.3 is 5.11 Å². The number of benzene rings is 1. The smallest absolute Gasteiger partial charge is 0.311 e. The molecule has 1 aromatic heterocycles. The van der Waals surface area contributed by atoms with Crippen LogP contribution in [0.4, 0.5) is 0 Å². The van der Waals surface area contributed by atoms with Crippen LogP contribution in [0.15, 0.2) is 40.2 Å². The average molecular weight is 325 g/mol. The van der Waals surface area contributed by atoms with Crippen molar-refractivity contribution in [3.05, 3.63) is 56.2 Å². The summed E-state index contributed by atoms with van der Waals surface area (Å²) in [5, 5.41) is 11.3. The van der Waals surface area contributed by atoms with Crippen LogP contribution in [0.5, 0.6) is 0 Å². The number of thiophene rings is 1. The van der Waals surface area contributed by atoms with E-state index in [0.717, 1.165) is 20.5 Å². The van der Waals surface area contributed by atoms with Gasteiger partial charge in [-0.15, -0.1) is 11.3 Å². The zero-order valence-electron chi connectivity index (χ0n) is 9.89. The number of hydrogen-bond donors (Lipinski definition) is 1. The third-order valence-corrected chi connectivity index (χ3v) is 4.52. The molecular formula is C14H13BrO2S. The molecule has 0 saturated carbocycles. The summed E-state index contributed by atoms with van der Waals surface area (Å²) in [7, 11) is 0. The van der Waals surface area contributed by atoms with Crippen LogP contribution in [0.25, 0.3) is 0 Å². The maximum atomic E-state index is 11.4. The number of carboxylic acids is 1. The third kappa shape index (κ3) is 3.21. The van der Waals surface area contributed by atoms with Crippen LogP contribution >= 0.6 is 27.3 Å². The monoisotopic (exact) mass is 324 g/mol. The molecule has 0 aliphatic carbocycles. The van der Waals surface area contributed by atoms with E-state index in [9.17, 15) is 9.90 Å². The van der Waals surface area contributed by atoms with Crippen LogP contribution in [-0.2, 0) is 11.2 Å². The summed E-state index contributed by atoms with van der Waals surface area (Å²) in [5.74, 6) is -1.25. The minimum absolute atomic E-state index is 0.476. The van der Waals surface area contributed by atoms with Gasteiger partial charge in [0.1, 0.15) is 0 Å². The van der Waals surface area contributed by atoms with Crippen molar-refractivity contribution in [3.8, 4) is 0 Å². The van der Waals surface area contributed by atoms with E-state index in [1.54, 1.807) is 11.3 Å². The van der Waals surface area contributed by atoms with Gasteiger partial charge >= 0.3 is 5.97 Å². The normalized spacial score (nSPS) is 12.3. The van der Waals surface area contributed by atoms with Crippen molar-refractivity contribution in [3.63, 3.8) is 0 Å². The number of rotatable bonds is 4. The van der Waals surface area contributed by atoms with Gasteiger partial charge in [0.05, 0.1) is 5.92 Å². The molecule has 0 saturated heterocycles. The summed E-state index contributed by atoms with van der Waals surface area (Å²) < 4.78 is 1.01. The number of halogens is 1. The molecule has 1 N–H and O–H groups in total. The second kappa shape index (κ2) is 5.67. The number of carbonyl (C=O) groups is 1. The fourth-order valence-electron chi connectivity index (χ4n) is 1.81. The average Bonchev–Trinajstić information content (AvgIpc) is 2.73. The zero-order chi connectivity index (χ0) is 13.1. The van der Waals surface area contributed by atoms with Gasteiger partial charge in [0.15, 0.2) is 0 Å². The molecule has 0 radical (unpaired) electrons. The maximum absolute atomic E-state index is 11.4. The highest BCUT2D eigenvalue weighted by atomic mass is 79.9. The maximum Gasteiger partial charge on any atom is 0.311 e. The molecule has 0 amide bonds. The van der Waals surface area contributed by atoms with Crippen molar-refractivity contribution in [2.75, 3.05) is 0 Å². The van der Waals surface area contributed by atoms with Gasteiger partial charge in [-0.05, 0) is 40.9 Å². The number of aliphatic carboxylic acids is 1. The molecule has 2 rings (SSSR count). The first kappa shape index (κ1) is 13.3. The van der Waals surface area contributed by atoms with Crippen LogP contribution in [0.1, 0.15) is 21.9 Å². The SMILES string of the molecule is Cc1ccc(C(Cc2cc(Br)cs2)C(=O)O)cc1. The molecule has 18 heavy (non-hydrogen) atoms. The standard InChI is InChI=1S/C14H13BrO2S/c1-9-2-4-10(5-3-9)13(14(16)17)7-12-6-11(15)8-18-12/h2-6,8,13H,7H2,1H3,(H,16,17). The van der Waals surface area contributed by atoms with Gasteiger partial charge in [0.2, 0.25) is 0 Å². The van der Waals surface area contributed by atoms with Crippen molar-refractivity contribution >= 4 is 33.2 Å². The molecule has 0 bridgehead atoms. The number of carboxylic acid groups (broad SMARTS) is 1. The minimum atomic E-state index is -0.775. The first-order chi connectivity index (χ1) is 8.56. The van der Waals surface area contributed by atoms with E-state index < -0.39 is 11.9 Å². The topological polar surface area (TPSA) is 37.3 Å². The summed E-state index contributed by atoms with van der Waals surface area (Å²) >= 11 is 4.97. The van der Waals surface area contributed by atoms with Gasteiger partial charge in [0, 0.05) is 14.7 Å². The van der Waals surface area contributed by atoms with Crippen molar-refractivity contribution < 1.29 is 9.90 Å². The Morgan fingerprint density at radius 3 is 2.56 bits per heavy atom. The molecule has 1 unspecified atom stereocenters. The summed E-state index contributed by atoms with van der Waals surface area (Å²) in [6, 6.07) is 9.69. The molecule has 2 aromatic rings. The van der Waals surface area contributed by atoms with E-state index in [4.69, 9.17) is 0 Å². The molecule has 1 aromatic carbocycles. The second-order valence-corrected chi connectivity index (χ2v) is 6.15. The van der Waals surface area contributed by atoms with Gasteiger partial charge in [-0.25, -0.2) is 0 Å². The van der Waals surface area contributed by atoms with Crippen LogP contribution in [0.3, 0.4) is 0 Å². The lowest BCUT2D eigenvalue weighted by atomic mass is 9.94. The Bertz CT molecular complexity index is 545. The molecule has 4 heteroatoms. The van der Waals surface area contributed by atoms with Gasteiger partial charge in [-0.1, -0.05) is 29.8 Å². The van der Waals surface area contributed by atoms with E-state index in [-0.39, 0.29) is 0 Å². The lowest BCUT2D eigenvalue weighted by Crippen LogP contribution is -2.13. The molecule has 94 valence electrons. The second-order valence-electron chi connectivity index (χ2n) is 4.24. The van der Waals surface area contributed by atoms with Crippen molar-refractivity contribution in [1.82, 2.24) is 0 Å². The molecule has 1 atom stereocenters. The molecule has 0 fully saturated rings. The summed E-state index contributed by atoms with van der Waals surface area (Å²) in [4.78, 5) is 12.5. The van der Waals surface area contributed by atoms with Crippen LogP contribution < -0.4 is 0 Å². The molecule has 0 aliphatic heterocycles. The van der Waals surface area contributed by atoms with Gasteiger partial charge in [-0.3, -0.25) is 4.79 Å². The fourth-order valence-corrected chi connectivity index (χ4v) is 3.31. The zero-order valence-corrected chi connectivity index (χ0v) is 12.3. The first-order valence-electron chi connectivity index (χ1n) is 5.58. The lowest BCUT2D eigenvalue weighted by molar-refractivity contribution is -0.138. The van der Waals surface area contributed by atoms with Crippen molar-refractivity contribution in [1.29, 1.82) is 0 Å². The summed E-state index contributed by atoms with van der Waals surface area (Å²) in [6.45, 7) is 2.00. The minimum Gasteiger partial charge on any atom is -0.481 e. The van der Waals surface area contributed by atoms with E-state index in [1.807, 2.05) is 42.6 Å². The Kier molecular flexibility index (Phi) is 4.19. The van der Waals surface area contributed by atoms with Gasteiger partial charge in [-0.2, -0.15) is 0 Å². The molecule has 1 heterocycles. The van der Waals surface area contributed by atoms with Crippen molar-refractivity contribution in [2.24, 2.45) is 0 Å².